The third-order valence-electron chi connectivity index (χ3n) is 2.28. The first kappa shape index (κ1) is 11.6. The van der Waals surface area contributed by atoms with E-state index in [9.17, 15) is 13.6 Å². The average Bonchev–Trinajstić information content (AvgIpc) is 2.14. The number of aliphatic carboxylic acids is 1. The van der Waals surface area contributed by atoms with Gasteiger partial charge in [0.2, 0.25) is 0 Å². The zero-order valence-corrected chi connectivity index (χ0v) is 8.34. The highest BCUT2D eigenvalue weighted by atomic mass is 19.1. The van der Waals surface area contributed by atoms with Crippen LogP contribution in [0.4, 0.5) is 8.78 Å². The lowest BCUT2D eigenvalue weighted by Gasteiger charge is -2.11. The molecule has 1 unspecified atom stereocenters. The van der Waals surface area contributed by atoms with Crippen molar-refractivity contribution in [3.05, 3.63) is 35.4 Å². The van der Waals surface area contributed by atoms with E-state index >= 15 is 0 Å². The van der Waals surface area contributed by atoms with E-state index in [0.29, 0.717) is 12.0 Å². The van der Waals surface area contributed by atoms with Crippen molar-refractivity contribution in [2.45, 2.75) is 25.7 Å². The van der Waals surface area contributed by atoms with E-state index in [2.05, 4.69) is 0 Å². The molecule has 0 radical (unpaired) electrons. The highest BCUT2D eigenvalue weighted by Crippen LogP contribution is 2.23. The average molecular weight is 214 g/mol. The zero-order valence-electron chi connectivity index (χ0n) is 8.34. The molecule has 15 heavy (non-hydrogen) atoms. The van der Waals surface area contributed by atoms with Crippen LogP contribution in [0.5, 0.6) is 0 Å². The maximum Gasteiger partial charge on any atom is 0.303 e. The number of carbonyl (C=O) groups is 1. The molecule has 1 aromatic carbocycles. The number of hydrogen-bond donors (Lipinski definition) is 1. The van der Waals surface area contributed by atoms with Crippen LogP contribution in [0.25, 0.3) is 0 Å². The summed E-state index contributed by atoms with van der Waals surface area (Å²) in [4.78, 5) is 10.3. The third kappa shape index (κ3) is 3.31. The summed E-state index contributed by atoms with van der Waals surface area (Å²) in [6, 6.07) is 3.35. The summed E-state index contributed by atoms with van der Waals surface area (Å²) in [6.07, 6.45) is 0.329. The first-order chi connectivity index (χ1) is 7.00. The van der Waals surface area contributed by atoms with Crippen molar-refractivity contribution in [3.8, 4) is 0 Å². The molecule has 82 valence electrons. The zero-order chi connectivity index (χ0) is 11.4. The molecular weight excluding hydrogens is 202 g/mol. The highest BCUT2D eigenvalue weighted by Gasteiger charge is 2.12. The van der Waals surface area contributed by atoms with Crippen LogP contribution in [0.15, 0.2) is 18.2 Å². The number of rotatable bonds is 4. The fraction of sp³-hybridized carbons (Fsp3) is 0.364. The van der Waals surface area contributed by atoms with Crippen molar-refractivity contribution in [2.75, 3.05) is 0 Å². The van der Waals surface area contributed by atoms with E-state index < -0.39 is 17.6 Å². The van der Waals surface area contributed by atoms with E-state index in [0.717, 1.165) is 6.07 Å². The summed E-state index contributed by atoms with van der Waals surface area (Å²) in [5, 5.41) is 8.47. The Morgan fingerprint density at radius 3 is 2.67 bits per heavy atom. The Hall–Kier alpha value is -1.45. The Morgan fingerprint density at radius 1 is 1.47 bits per heavy atom. The van der Waals surface area contributed by atoms with Gasteiger partial charge in [0.05, 0.1) is 0 Å². The lowest BCUT2D eigenvalue weighted by Crippen LogP contribution is -2.02. The molecule has 0 spiro atoms. The second-order valence-corrected chi connectivity index (χ2v) is 3.50. The minimum Gasteiger partial charge on any atom is -0.481 e. The smallest absolute Gasteiger partial charge is 0.303 e. The number of benzene rings is 1. The largest absolute Gasteiger partial charge is 0.481 e. The molecule has 0 saturated heterocycles. The molecule has 0 bridgehead atoms. The SMILES string of the molecule is CC(CCC(=O)O)c1ccc(F)cc1F. The van der Waals surface area contributed by atoms with Crippen LogP contribution in [-0.2, 0) is 4.79 Å². The normalized spacial score (nSPS) is 12.5. The van der Waals surface area contributed by atoms with Crippen molar-refractivity contribution < 1.29 is 18.7 Å². The molecule has 0 amide bonds. The van der Waals surface area contributed by atoms with Gasteiger partial charge in [0.15, 0.2) is 0 Å². The van der Waals surface area contributed by atoms with E-state index in [1.165, 1.54) is 12.1 Å². The van der Waals surface area contributed by atoms with Crippen LogP contribution >= 0.6 is 0 Å². The molecule has 0 aliphatic rings. The van der Waals surface area contributed by atoms with Crippen LogP contribution in [-0.4, -0.2) is 11.1 Å². The summed E-state index contributed by atoms with van der Waals surface area (Å²) in [7, 11) is 0. The monoisotopic (exact) mass is 214 g/mol. The van der Waals surface area contributed by atoms with Gasteiger partial charge in [0, 0.05) is 12.5 Å². The van der Waals surface area contributed by atoms with Crippen molar-refractivity contribution in [1.82, 2.24) is 0 Å². The molecule has 0 aromatic heterocycles. The fourth-order valence-corrected chi connectivity index (χ4v) is 1.40. The lowest BCUT2D eigenvalue weighted by molar-refractivity contribution is -0.137. The molecule has 0 aliphatic carbocycles. The maximum atomic E-state index is 13.2. The van der Waals surface area contributed by atoms with Gasteiger partial charge < -0.3 is 5.11 Å². The van der Waals surface area contributed by atoms with Crippen LogP contribution in [0.3, 0.4) is 0 Å². The minimum absolute atomic E-state index is 0.0159. The molecule has 0 fully saturated rings. The van der Waals surface area contributed by atoms with Gasteiger partial charge in [-0.2, -0.15) is 0 Å². The first-order valence-corrected chi connectivity index (χ1v) is 4.67. The van der Waals surface area contributed by atoms with Crippen molar-refractivity contribution in [1.29, 1.82) is 0 Å². The minimum atomic E-state index is -0.913. The maximum absolute atomic E-state index is 13.2. The van der Waals surface area contributed by atoms with E-state index in [4.69, 9.17) is 5.11 Å². The molecular formula is C11H12F2O2. The van der Waals surface area contributed by atoms with Gasteiger partial charge in [-0.15, -0.1) is 0 Å². The van der Waals surface area contributed by atoms with Crippen molar-refractivity contribution in [3.63, 3.8) is 0 Å². The molecule has 1 N–H and O–H groups in total. The van der Waals surface area contributed by atoms with E-state index in [1.54, 1.807) is 6.92 Å². The predicted octanol–water partition coefficient (Wildman–Crippen LogP) is 2.93. The van der Waals surface area contributed by atoms with Crippen LogP contribution < -0.4 is 0 Å². The topological polar surface area (TPSA) is 37.3 Å². The summed E-state index contributed by atoms with van der Waals surface area (Å²) < 4.78 is 25.8. The van der Waals surface area contributed by atoms with E-state index in [1.807, 2.05) is 0 Å². The van der Waals surface area contributed by atoms with Crippen molar-refractivity contribution >= 4 is 5.97 Å². The van der Waals surface area contributed by atoms with Gasteiger partial charge in [-0.25, -0.2) is 8.78 Å². The molecule has 0 aliphatic heterocycles. The standard InChI is InChI=1S/C11H12F2O2/c1-7(2-5-11(14)15)9-4-3-8(12)6-10(9)13/h3-4,6-7H,2,5H2,1H3,(H,14,15). The van der Waals surface area contributed by atoms with Gasteiger partial charge in [-0.1, -0.05) is 13.0 Å². The molecule has 1 rings (SSSR count). The van der Waals surface area contributed by atoms with E-state index in [-0.39, 0.29) is 12.3 Å². The van der Waals surface area contributed by atoms with Gasteiger partial charge >= 0.3 is 5.97 Å². The Morgan fingerprint density at radius 2 is 2.13 bits per heavy atom. The van der Waals surface area contributed by atoms with Crippen LogP contribution in [0.1, 0.15) is 31.2 Å². The Labute approximate surface area is 86.5 Å². The first-order valence-electron chi connectivity index (χ1n) is 4.67. The molecule has 1 atom stereocenters. The quantitative estimate of drug-likeness (QED) is 0.836. The second kappa shape index (κ2) is 4.87. The Balaban J connectivity index is 2.73. The third-order valence-corrected chi connectivity index (χ3v) is 2.28. The number of halogens is 2. The van der Waals surface area contributed by atoms with Crippen molar-refractivity contribution in [2.24, 2.45) is 0 Å². The van der Waals surface area contributed by atoms with Crippen LogP contribution in [0, 0.1) is 11.6 Å². The molecule has 0 saturated carbocycles. The Kier molecular flexibility index (Phi) is 3.77. The van der Waals surface area contributed by atoms with Gasteiger partial charge in [0.25, 0.3) is 0 Å². The predicted molar refractivity (Wildman–Crippen MR) is 51.6 cm³/mol. The number of carboxylic acid groups (broad SMARTS) is 1. The Bertz CT molecular complexity index is 364. The molecule has 4 heteroatoms. The molecule has 0 heterocycles. The van der Waals surface area contributed by atoms with Gasteiger partial charge in [0.1, 0.15) is 11.6 Å². The van der Waals surface area contributed by atoms with Crippen LogP contribution in [0.2, 0.25) is 0 Å². The summed E-state index contributed by atoms with van der Waals surface area (Å²) >= 11 is 0. The lowest BCUT2D eigenvalue weighted by atomic mass is 9.96. The van der Waals surface area contributed by atoms with Gasteiger partial charge in [-0.05, 0) is 24.0 Å². The molecule has 1 aromatic rings. The number of carboxylic acids is 1. The highest BCUT2D eigenvalue weighted by molar-refractivity contribution is 5.66. The molecule has 2 nitrogen and oxygen atoms in total. The fourth-order valence-electron chi connectivity index (χ4n) is 1.40. The number of hydrogen-bond acceptors (Lipinski definition) is 1. The summed E-state index contributed by atoms with van der Waals surface area (Å²) in [5.74, 6) is -2.37. The van der Waals surface area contributed by atoms with Gasteiger partial charge in [-0.3, -0.25) is 4.79 Å². The summed E-state index contributed by atoms with van der Waals surface area (Å²) in [6.45, 7) is 1.72. The second-order valence-electron chi connectivity index (χ2n) is 3.50. The summed E-state index contributed by atoms with van der Waals surface area (Å²) in [5.41, 5.74) is 0.359.